The molecule has 1 amide bonds. The van der Waals surface area contributed by atoms with Crippen molar-refractivity contribution >= 4 is 34.2 Å². The van der Waals surface area contributed by atoms with E-state index >= 15 is 0 Å². The number of anilines is 1. The summed E-state index contributed by atoms with van der Waals surface area (Å²) in [5.74, 6) is -0.265. The first-order valence-electron chi connectivity index (χ1n) is 5.59. The van der Waals surface area contributed by atoms with Crippen molar-refractivity contribution in [2.45, 2.75) is 0 Å². The summed E-state index contributed by atoms with van der Waals surface area (Å²) in [4.78, 5) is 16.3. The fourth-order valence-electron chi connectivity index (χ4n) is 1.79. The number of nitrogens with zero attached hydrogens (tertiary/aromatic N) is 2. The number of rotatable bonds is 2. The summed E-state index contributed by atoms with van der Waals surface area (Å²) in [5.41, 5.74) is 1.69. The first-order chi connectivity index (χ1) is 9.25. The Labute approximate surface area is 113 Å². The first-order valence-corrected chi connectivity index (χ1v) is 5.97. The molecule has 3 aromatic rings. The summed E-state index contributed by atoms with van der Waals surface area (Å²) in [6, 6.07) is 8.61. The van der Waals surface area contributed by atoms with Crippen LogP contribution in [-0.4, -0.2) is 21.1 Å². The highest BCUT2D eigenvalue weighted by molar-refractivity contribution is 6.34. The van der Waals surface area contributed by atoms with Gasteiger partial charge in [0, 0.05) is 6.20 Å². The molecule has 0 saturated carbocycles. The normalized spacial score (nSPS) is 10.6. The number of aromatic amines is 1. The van der Waals surface area contributed by atoms with Gasteiger partial charge in [-0.1, -0.05) is 23.7 Å². The summed E-state index contributed by atoms with van der Waals surface area (Å²) in [6.45, 7) is 0. The quantitative estimate of drug-likeness (QED) is 0.753. The zero-order valence-electron chi connectivity index (χ0n) is 9.72. The van der Waals surface area contributed by atoms with Gasteiger partial charge in [-0.2, -0.15) is 5.10 Å². The van der Waals surface area contributed by atoms with E-state index in [9.17, 15) is 4.79 Å². The van der Waals surface area contributed by atoms with E-state index in [-0.39, 0.29) is 5.91 Å². The second-order valence-electron chi connectivity index (χ2n) is 3.92. The highest BCUT2D eigenvalue weighted by Crippen LogP contribution is 2.21. The zero-order chi connectivity index (χ0) is 13.2. The smallest absolute Gasteiger partial charge is 0.257 e. The number of H-pyrrole nitrogens is 1. The molecule has 0 fully saturated rings. The van der Waals surface area contributed by atoms with Crippen molar-refractivity contribution in [3.05, 3.63) is 53.3 Å². The second kappa shape index (κ2) is 4.70. The number of amides is 1. The molecular formula is C13H9ClN4O. The van der Waals surface area contributed by atoms with Crippen LogP contribution in [0.1, 0.15) is 10.4 Å². The van der Waals surface area contributed by atoms with E-state index in [4.69, 9.17) is 11.6 Å². The summed E-state index contributed by atoms with van der Waals surface area (Å²) in [7, 11) is 0. The molecule has 0 aliphatic heterocycles. The molecule has 0 spiro atoms. The van der Waals surface area contributed by atoms with Crippen LogP contribution in [0.5, 0.6) is 0 Å². The molecule has 2 aromatic heterocycles. The summed E-state index contributed by atoms with van der Waals surface area (Å²) < 4.78 is 0. The van der Waals surface area contributed by atoms with Crippen molar-refractivity contribution in [1.82, 2.24) is 15.2 Å². The molecule has 5 nitrogen and oxygen atoms in total. The van der Waals surface area contributed by atoms with Gasteiger partial charge in [-0.3, -0.25) is 9.89 Å². The Balaban J connectivity index is 1.95. The summed E-state index contributed by atoms with van der Waals surface area (Å²) >= 11 is 5.99. The minimum atomic E-state index is -0.265. The fraction of sp³-hybridized carbons (Fsp3) is 0. The highest BCUT2D eigenvalue weighted by Gasteiger charge is 2.12. The van der Waals surface area contributed by atoms with Crippen LogP contribution in [0.3, 0.4) is 0 Å². The largest absolute Gasteiger partial charge is 0.321 e. The molecule has 2 heterocycles. The molecule has 1 aromatic carbocycles. The minimum absolute atomic E-state index is 0.265. The van der Waals surface area contributed by atoms with Gasteiger partial charge in [-0.15, -0.1) is 0 Å². The molecule has 0 aliphatic carbocycles. The third kappa shape index (κ3) is 2.15. The third-order valence-electron chi connectivity index (χ3n) is 2.72. The Morgan fingerprint density at radius 3 is 2.95 bits per heavy atom. The Morgan fingerprint density at radius 1 is 1.26 bits per heavy atom. The van der Waals surface area contributed by atoms with Gasteiger partial charge in [-0.25, -0.2) is 4.98 Å². The topological polar surface area (TPSA) is 70.7 Å². The van der Waals surface area contributed by atoms with Gasteiger partial charge in [0.05, 0.1) is 27.9 Å². The number of carbonyl (C=O) groups excluding carboxylic acids is 1. The van der Waals surface area contributed by atoms with Crippen molar-refractivity contribution in [3.63, 3.8) is 0 Å². The molecule has 0 unspecified atom stereocenters. The molecule has 3 rings (SSSR count). The fourth-order valence-corrected chi connectivity index (χ4v) is 2.02. The number of hydrogen-bond donors (Lipinski definition) is 2. The van der Waals surface area contributed by atoms with Crippen LogP contribution in [0.15, 0.2) is 42.7 Å². The lowest BCUT2D eigenvalue weighted by atomic mass is 10.2. The van der Waals surface area contributed by atoms with E-state index < -0.39 is 0 Å². The Morgan fingerprint density at radius 2 is 2.11 bits per heavy atom. The van der Waals surface area contributed by atoms with E-state index in [0.29, 0.717) is 21.9 Å². The molecule has 0 atom stereocenters. The number of nitrogens with one attached hydrogen (secondary N) is 2. The molecule has 6 heteroatoms. The van der Waals surface area contributed by atoms with Gasteiger partial charge in [0.15, 0.2) is 5.65 Å². The van der Waals surface area contributed by atoms with E-state index in [1.165, 1.54) is 0 Å². The van der Waals surface area contributed by atoms with Crippen LogP contribution in [0.4, 0.5) is 5.69 Å². The SMILES string of the molecule is O=C(Nc1ccnc2[nH]ncc12)c1ccccc1Cl. The highest BCUT2D eigenvalue weighted by atomic mass is 35.5. The molecular weight excluding hydrogens is 264 g/mol. The third-order valence-corrected chi connectivity index (χ3v) is 3.05. The van der Waals surface area contributed by atoms with Crippen LogP contribution >= 0.6 is 11.6 Å². The molecule has 0 bridgehead atoms. The van der Waals surface area contributed by atoms with Crippen molar-refractivity contribution < 1.29 is 4.79 Å². The maximum absolute atomic E-state index is 12.2. The average Bonchev–Trinajstić information content (AvgIpc) is 2.88. The molecule has 94 valence electrons. The Kier molecular flexibility index (Phi) is 2.89. The van der Waals surface area contributed by atoms with Crippen molar-refractivity contribution in [3.8, 4) is 0 Å². The maximum atomic E-state index is 12.2. The van der Waals surface area contributed by atoms with E-state index in [1.54, 1.807) is 42.7 Å². The van der Waals surface area contributed by atoms with Gasteiger partial charge in [0.1, 0.15) is 0 Å². The van der Waals surface area contributed by atoms with Crippen LogP contribution in [-0.2, 0) is 0 Å². The standard InChI is InChI=1S/C13H9ClN4O/c14-10-4-2-1-3-8(10)13(19)17-11-5-6-15-12-9(11)7-16-18-12/h1-7H,(H2,15,16,17,18,19). The van der Waals surface area contributed by atoms with Crippen LogP contribution < -0.4 is 5.32 Å². The molecule has 0 aliphatic rings. The maximum Gasteiger partial charge on any atom is 0.257 e. The van der Waals surface area contributed by atoms with Gasteiger partial charge in [0.2, 0.25) is 0 Å². The number of pyridine rings is 1. The van der Waals surface area contributed by atoms with Gasteiger partial charge >= 0.3 is 0 Å². The Hall–Kier alpha value is -2.40. The van der Waals surface area contributed by atoms with Gasteiger partial charge in [-0.05, 0) is 18.2 Å². The van der Waals surface area contributed by atoms with E-state index in [1.807, 2.05) is 0 Å². The number of benzene rings is 1. The van der Waals surface area contributed by atoms with Crippen molar-refractivity contribution in [1.29, 1.82) is 0 Å². The van der Waals surface area contributed by atoms with Crippen molar-refractivity contribution in [2.24, 2.45) is 0 Å². The molecule has 19 heavy (non-hydrogen) atoms. The first kappa shape index (κ1) is 11.7. The summed E-state index contributed by atoms with van der Waals surface area (Å²) in [6.07, 6.45) is 3.22. The summed E-state index contributed by atoms with van der Waals surface area (Å²) in [5, 5.41) is 10.6. The van der Waals surface area contributed by atoms with Crippen molar-refractivity contribution in [2.75, 3.05) is 5.32 Å². The lowest BCUT2D eigenvalue weighted by Crippen LogP contribution is -2.12. The van der Waals surface area contributed by atoms with Crippen LogP contribution in [0.25, 0.3) is 11.0 Å². The predicted molar refractivity (Wildman–Crippen MR) is 73.3 cm³/mol. The number of hydrogen-bond acceptors (Lipinski definition) is 3. The number of halogens is 1. The minimum Gasteiger partial charge on any atom is -0.321 e. The number of carbonyl (C=O) groups is 1. The van der Waals surface area contributed by atoms with E-state index in [2.05, 4.69) is 20.5 Å². The monoisotopic (exact) mass is 272 g/mol. The van der Waals surface area contributed by atoms with Gasteiger partial charge in [0.25, 0.3) is 5.91 Å². The average molecular weight is 273 g/mol. The zero-order valence-corrected chi connectivity index (χ0v) is 10.5. The van der Waals surface area contributed by atoms with Crippen LogP contribution in [0.2, 0.25) is 5.02 Å². The van der Waals surface area contributed by atoms with Crippen LogP contribution in [0, 0.1) is 0 Å². The van der Waals surface area contributed by atoms with Gasteiger partial charge < -0.3 is 5.32 Å². The Bertz CT molecular complexity index is 753. The number of aromatic nitrogens is 3. The second-order valence-corrected chi connectivity index (χ2v) is 4.33. The molecule has 0 radical (unpaired) electrons. The lowest BCUT2D eigenvalue weighted by Gasteiger charge is -2.07. The van der Waals surface area contributed by atoms with E-state index in [0.717, 1.165) is 5.39 Å². The predicted octanol–water partition coefficient (Wildman–Crippen LogP) is 2.86. The molecule has 2 N–H and O–H groups in total. The lowest BCUT2D eigenvalue weighted by molar-refractivity contribution is 0.102. The molecule has 0 saturated heterocycles. The number of fused-ring (bicyclic) bond motifs is 1.